The van der Waals surface area contributed by atoms with Crippen molar-refractivity contribution in [3.63, 3.8) is 0 Å². The van der Waals surface area contributed by atoms with Crippen molar-refractivity contribution in [1.82, 2.24) is 5.16 Å². The molecular weight excluding hydrogens is 232 g/mol. The molecule has 1 saturated heterocycles. The number of fused-ring (bicyclic) bond motifs is 1. The molecule has 18 heavy (non-hydrogen) atoms. The van der Waals surface area contributed by atoms with E-state index in [9.17, 15) is 9.59 Å². The number of imide groups is 1. The van der Waals surface area contributed by atoms with Crippen LogP contribution in [0, 0.1) is 24.7 Å². The minimum Gasteiger partial charge on any atom is -0.360 e. The quantitative estimate of drug-likeness (QED) is 0.712. The van der Waals surface area contributed by atoms with Crippen LogP contribution in [0.1, 0.15) is 31.9 Å². The molecule has 1 aromatic heterocycles. The van der Waals surface area contributed by atoms with E-state index in [0.717, 1.165) is 19.3 Å². The van der Waals surface area contributed by atoms with Crippen molar-refractivity contribution in [3.8, 4) is 0 Å². The van der Waals surface area contributed by atoms with E-state index in [1.54, 1.807) is 13.0 Å². The number of aryl methyl sites for hydroxylation is 1. The highest BCUT2D eigenvalue weighted by atomic mass is 16.5. The van der Waals surface area contributed by atoms with Crippen LogP contribution in [0.4, 0.5) is 5.82 Å². The van der Waals surface area contributed by atoms with Gasteiger partial charge in [0, 0.05) is 6.07 Å². The third kappa shape index (κ3) is 1.57. The standard InChI is InChI=1S/C13H16N2O3/c1-7-3-4-9-10(5-7)13(17)15(12(9)16)11-6-8(2)18-14-11/h6-7,9-10H,3-5H2,1-2H3. The van der Waals surface area contributed by atoms with E-state index in [2.05, 4.69) is 12.1 Å². The molecule has 3 unspecified atom stereocenters. The largest absolute Gasteiger partial charge is 0.360 e. The number of rotatable bonds is 1. The molecule has 0 aromatic carbocycles. The summed E-state index contributed by atoms with van der Waals surface area (Å²) in [5, 5.41) is 3.78. The first-order valence-corrected chi connectivity index (χ1v) is 6.39. The summed E-state index contributed by atoms with van der Waals surface area (Å²) in [6.45, 7) is 3.88. The van der Waals surface area contributed by atoms with Crippen molar-refractivity contribution < 1.29 is 14.1 Å². The van der Waals surface area contributed by atoms with Gasteiger partial charge in [0.25, 0.3) is 0 Å². The summed E-state index contributed by atoms with van der Waals surface area (Å²) >= 11 is 0. The topological polar surface area (TPSA) is 63.4 Å². The average Bonchev–Trinajstić information content (AvgIpc) is 2.84. The Hall–Kier alpha value is -1.65. The molecule has 1 saturated carbocycles. The predicted molar refractivity (Wildman–Crippen MR) is 63.7 cm³/mol. The number of carbonyl (C=O) groups is 2. The van der Waals surface area contributed by atoms with Crippen molar-refractivity contribution in [3.05, 3.63) is 11.8 Å². The first-order valence-electron chi connectivity index (χ1n) is 6.39. The van der Waals surface area contributed by atoms with Gasteiger partial charge in [-0.05, 0) is 32.1 Å². The zero-order chi connectivity index (χ0) is 12.9. The minimum atomic E-state index is -0.154. The summed E-state index contributed by atoms with van der Waals surface area (Å²) in [7, 11) is 0. The maximum absolute atomic E-state index is 12.3. The molecule has 5 nitrogen and oxygen atoms in total. The fraction of sp³-hybridized carbons (Fsp3) is 0.615. The van der Waals surface area contributed by atoms with Gasteiger partial charge in [-0.3, -0.25) is 9.59 Å². The summed E-state index contributed by atoms with van der Waals surface area (Å²) in [5.74, 6) is 0.944. The van der Waals surface area contributed by atoms with Gasteiger partial charge >= 0.3 is 0 Å². The van der Waals surface area contributed by atoms with Gasteiger partial charge in [-0.2, -0.15) is 0 Å². The molecule has 3 rings (SSSR count). The highest BCUT2D eigenvalue weighted by Gasteiger charge is 2.50. The Kier molecular flexibility index (Phi) is 2.50. The van der Waals surface area contributed by atoms with Crippen LogP contribution in [-0.2, 0) is 9.59 Å². The number of hydrogen-bond acceptors (Lipinski definition) is 4. The first kappa shape index (κ1) is 11.4. The summed E-state index contributed by atoms with van der Waals surface area (Å²) < 4.78 is 4.95. The zero-order valence-corrected chi connectivity index (χ0v) is 10.5. The van der Waals surface area contributed by atoms with Gasteiger partial charge in [-0.25, -0.2) is 4.90 Å². The van der Waals surface area contributed by atoms with E-state index in [0.29, 0.717) is 17.5 Å². The van der Waals surface area contributed by atoms with E-state index in [4.69, 9.17) is 4.52 Å². The van der Waals surface area contributed by atoms with Gasteiger partial charge in [0.1, 0.15) is 5.76 Å². The molecule has 1 aromatic rings. The van der Waals surface area contributed by atoms with Crippen molar-refractivity contribution in [1.29, 1.82) is 0 Å². The molecule has 2 aliphatic rings. The van der Waals surface area contributed by atoms with E-state index in [-0.39, 0.29) is 23.7 Å². The van der Waals surface area contributed by atoms with Crippen molar-refractivity contribution >= 4 is 17.6 Å². The molecule has 96 valence electrons. The monoisotopic (exact) mass is 248 g/mol. The Morgan fingerprint density at radius 1 is 1.28 bits per heavy atom. The van der Waals surface area contributed by atoms with Crippen LogP contribution < -0.4 is 4.90 Å². The Morgan fingerprint density at radius 3 is 2.67 bits per heavy atom. The van der Waals surface area contributed by atoms with Crippen LogP contribution in [0.3, 0.4) is 0 Å². The maximum Gasteiger partial charge on any atom is 0.239 e. The summed E-state index contributed by atoms with van der Waals surface area (Å²) in [6.07, 6.45) is 2.64. The molecule has 0 N–H and O–H groups in total. The van der Waals surface area contributed by atoms with Gasteiger partial charge in [0.05, 0.1) is 11.8 Å². The third-order valence-electron chi connectivity index (χ3n) is 4.03. The molecule has 3 atom stereocenters. The fourth-order valence-corrected chi connectivity index (χ4v) is 3.07. The number of anilines is 1. The Labute approximate surface area is 105 Å². The van der Waals surface area contributed by atoms with Gasteiger partial charge in [-0.1, -0.05) is 12.1 Å². The molecule has 2 heterocycles. The van der Waals surface area contributed by atoms with Crippen LogP contribution in [-0.4, -0.2) is 17.0 Å². The Balaban J connectivity index is 1.93. The molecule has 2 amide bonds. The Bertz CT molecular complexity index is 508. The molecule has 0 spiro atoms. The van der Waals surface area contributed by atoms with Crippen molar-refractivity contribution in [2.75, 3.05) is 4.90 Å². The number of aromatic nitrogens is 1. The lowest BCUT2D eigenvalue weighted by molar-refractivity contribution is -0.122. The van der Waals surface area contributed by atoms with Gasteiger partial charge in [0.2, 0.25) is 11.8 Å². The molecular formula is C13H16N2O3. The van der Waals surface area contributed by atoms with Crippen molar-refractivity contribution in [2.24, 2.45) is 17.8 Å². The second-order valence-electron chi connectivity index (χ2n) is 5.44. The third-order valence-corrected chi connectivity index (χ3v) is 4.03. The lowest BCUT2D eigenvalue weighted by Gasteiger charge is -2.25. The van der Waals surface area contributed by atoms with Gasteiger partial charge < -0.3 is 4.52 Å². The highest BCUT2D eigenvalue weighted by molar-refractivity contribution is 6.21. The first-order chi connectivity index (χ1) is 8.58. The van der Waals surface area contributed by atoms with Gasteiger partial charge in [0.15, 0.2) is 5.82 Å². The summed E-state index contributed by atoms with van der Waals surface area (Å²) in [5.41, 5.74) is 0. The lowest BCUT2D eigenvalue weighted by Crippen LogP contribution is -2.31. The van der Waals surface area contributed by atoms with Crippen LogP contribution in [0.5, 0.6) is 0 Å². The SMILES string of the molecule is Cc1cc(N2C(=O)C3CCC(C)CC3C2=O)no1. The number of carbonyl (C=O) groups excluding carboxylic acids is 2. The number of nitrogens with zero attached hydrogens (tertiary/aromatic N) is 2. The number of hydrogen-bond donors (Lipinski definition) is 0. The maximum atomic E-state index is 12.3. The molecule has 0 radical (unpaired) electrons. The summed E-state index contributed by atoms with van der Waals surface area (Å²) in [6, 6.07) is 1.64. The second-order valence-corrected chi connectivity index (χ2v) is 5.44. The molecule has 1 aliphatic carbocycles. The van der Waals surface area contributed by atoms with Crippen LogP contribution in [0.2, 0.25) is 0 Å². The van der Waals surface area contributed by atoms with E-state index >= 15 is 0 Å². The molecule has 0 bridgehead atoms. The Morgan fingerprint density at radius 2 is 2.00 bits per heavy atom. The average molecular weight is 248 g/mol. The summed E-state index contributed by atoms with van der Waals surface area (Å²) in [4.78, 5) is 25.8. The highest BCUT2D eigenvalue weighted by Crippen LogP contribution is 2.41. The predicted octanol–water partition coefficient (Wildman–Crippen LogP) is 1.91. The number of amides is 2. The normalized spacial score (nSPS) is 31.9. The lowest BCUT2D eigenvalue weighted by atomic mass is 9.76. The molecule has 2 fully saturated rings. The minimum absolute atomic E-state index is 0.106. The van der Waals surface area contributed by atoms with E-state index < -0.39 is 0 Å². The van der Waals surface area contributed by atoms with E-state index in [1.807, 2.05) is 0 Å². The smallest absolute Gasteiger partial charge is 0.239 e. The van der Waals surface area contributed by atoms with Crippen molar-refractivity contribution in [2.45, 2.75) is 33.1 Å². The fourth-order valence-electron chi connectivity index (χ4n) is 3.07. The van der Waals surface area contributed by atoms with Crippen LogP contribution >= 0.6 is 0 Å². The van der Waals surface area contributed by atoms with Crippen LogP contribution in [0.25, 0.3) is 0 Å². The second kappa shape index (κ2) is 3.93. The molecule has 1 aliphatic heterocycles. The van der Waals surface area contributed by atoms with Crippen LogP contribution in [0.15, 0.2) is 10.6 Å². The zero-order valence-electron chi connectivity index (χ0n) is 10.5. The van der Waals surface area contributed by atoms with E-state index in [1.165, 1.54) is 4.90 Å². The van der Waals surface area contributed by atoms with Gasteiger partial charge in [-0.15, -0.1) is 0 Å². The molecule has 5 heteroatoms.